The number of amides is 1. The summed E-state index contributed by atoms with van der Waals surface area (Å²) in [5.74, 6) is 0.00609. The molecule has 0 fully saturated rings. The second-order valence-electron chi connectivity index (χ2n) is 7.63. The molecule has 0 bridgehead atoms. The number of benzene rings is 3. The number of nitrogens with zero attached hydrogens (tertiary/aromatic N) is 1. The maximum absolute atomic E-state index is 13.5. The summed E-state index contributed by atoms with van der Waals surface area (Å²) in [6.45, 7) is 4.02. The lowest BCUT2D eigenvalue weighted by atomic mass is 10.1. The van der Waals surface area contributed by atoms with Gasteiger partial charge in [-0.25, -0.2) is 8.42 Å². The lowest BCUT2D eigenvalue weighted by Gasteiger charge is -2.35. The molecule has 4 rings (SSSR count). The Kier molecular flexibility index (Phi) is 5.69. The first-order chi connectivity index (χ1) is 14.8. The summed E-state index contributed by atoms with van der Waals surface area (Å²) in [5.41, 5.74) is 3.26. The van der Waals surface area contributed by atoms with Gasteiger partial charge < -0.3 is 10.1 Å². The monoisotopic (exact) mass is 436 g/mol. The van der Waals surface area contributed by atoms with Crippen LogP contribution in [-0.4, -0.2) is 27.0 Å². The number of carbonyl (C=O) groups excluding carboxylic acids is 1. The Morgan fingerprint density at radius 1 is 1.00 bits per heavy atom. The summed E-state index contributed by atoms with van der Waals surface area (Å²) in [5, 5.41) is 2.84. The van der Waals surface area contributed by atoms with E-state index in [-0.39, 0.29) is 17.3 Å². The number of fused-ring (bicyclic) bond motifs is 1. The van der Waals surface area contributed by atoms with E-state index in [4.69, 9.17) is 4.74 Å². The zero-order valence-corrected chi connectivity index (χ0v) is 18.2. The number of carbonyl (C=O) groups is 1. The van der Waals surface area contributed by atoms with Crippen LogP contribution in [0.25, 0.3) is 0 Å². The Morgan fingerprint density at radius 3 is 2.39 bits per heavy atom. The number of nitrogens with one attached hydrogen (secondary N) is 1. The highest BCUT2D eigenvalue weighted by molar-refractivity contribution is 7.92. The average Bonchev–Trinajstić information content (AvgIpc) is 2.77. The first kappa shape index (κ1) is 20.9. The predicted octanol–water partition coefficient (Wildman–Crippen LogP) is 3.58. The van der Waals surface area contributed by atoms with Crippen LogP contribution in [0.15, 0.2) is 77.7 Å². The van der Waals surface area contributed by atoms with Gasteiger partial charge in [0.1, 0.15) is 5.75 Å². The lowest BCUT2D eigenvalue weighted by molar-refractivity contribution is -0.127. The number of hydrogen-bond donors (Lipinski definition) is 1. The third-order valence-electron chi connectivity index (χ3n) is 5.19. The minimum absolute atomic E-state index is 0.104. The molecule has 0 saturated heterocycles. The molecule has 1 aliphatic heterocycles. The molecule has 1 aliphatic rings. The molecule has 160 valence electrons. The molecule has 1 N–H and O–H groups in total. The summed E-state index contributed by atoms with van der Waals surface area (Å²) in [6.07, 6.45) is -0.959. The van der Waals surface area contributed by atoms with Crippen molar-refractivity contribution in [3.8, 4) is 5.75 Å². The molecule has 7 heteroatoms. The van der Waals surface area contributed by atoms with E-state index in [2.05, 4.69) is 5.32 Å². The third kappa shape index (κ3) is 4.41. The van der Waals surface area contributed by atoms with Gasteiger partial charge in [0.15, 0.2) is 6.10 Å². The van der Waals surface area contributed by atoms with Crippen molar-refractivity contribution in [2.24, 2.45) is 0 Å². The van der Waals surface area contributed by atoms with Gasteiger partial charge in [0.05, 0.1) is 17.1 Å². The van der Waals surface area contributed by atoms with Crippen LogP contribution in [0.2, 0.25) is 0 Å². The fraction of sp³-hybridized carbons (Fsp3) is 0.208. The van der Waals surface area contributed by atoms with Crippen molar-refractivity contribution in [2.75, 3.05) is 10.8 Å². The maximum Gasteiger partial charge on any atom is 0.264 e. The molecule has 3 aromatic rings. The molecule has 1 amide bonds. The highest BCUT2D eigenvalue weighted by atomic mass is 32.2. The Morgan fingerprint density at radius 2 is 1.68 bits per heavy atom. The van der Waals surface area contributed by atoms with E-state index in [1.54, 1.807) is 36.4 Å². The molecule has 0 spiro atoms. The smallest absolute Gasteiger partial charge is 0.264 e. The molecule has 6 nitrogen and oxygen atoms in total. The zero-order valence-electron chi connectivity index (χ0n) is 17.4. The quantitative estimate of drug-likeness (QED) is 0.663. The summed E-state index contributed by atoms with van der Waals surface area (Å²) >= 11 is 0. The first-order valence-corrected chi connectivity index (χ1v) is 11.5. The van der Waals surface area contributed by atoms with E-state index in [9.17, 15) is 13.2 Å². The van der Waals surface area contributed by atoms with E-state index in [1.165, 1.54) is 4.31 Å². The number of rotatable bonds is 5. The van der Waals surface area contributed by atoms with Gasteiger partial charge in [0, 0.05) is 6.54 Å². The molecule has 0 aromatic heterocycles. The standard InChI is InChI=1S/C24H24N2O4S/c1-17-8-11-20(12-9-17)31(28,29)26-16-23(30-22-13-10-18(2)14-21(22)26)24(27)25-15-19-6-4-3-5-7-19/h3-14,23H,15-16H2,1-2H3,(H,25,27)/t23-/m1/s1. The van der Waals surface area contributed by atoms with E-state index in [1.807, 2.05) is 50.2 Å². The topological polar surface area (TPSA) is 75.7 Å². The largest absolute Gasteiger partial charge is 0.476 e. The number of ether oxygens (including phenoxy) is 1. The van der Waals surface area contributed by atoms with Gasteiger partial charge >= 0.3 is 0 Å². The van der Waals surface area contributed by atoms with Crippen LogP contribution in [-0.2, 0) is 21.4 Å². The fourth-order valence-corrected chi connectivity index (χ4v) is 4.93. The Bertz CT molecular complexity index is 1190. The molecule has 0 aliphatic carbocycles. The molecule has 0 radical (unpaired) electrons. The Hall–Kier alpha value is -3.32. The van der Waals surface area contributed by atoms with Crippen LogP contribution >= 0.6 is 0 Å². The van der Waals surface area contributed by atoms with E-state index >= 15 is 0 Å². The Balaban J connectivity index is 1.63. The second kappa shape index (κ2) is 8.43. The Labute approximate surface area is 182 Å². The van der Waals surface area contributed by atoms with Gasteiger partial charge in [-0.1, -0.05) is 54.1 Å². The number of aryl methyl sites for hydroxylation is 2. The van der Waals surface area contributed by atoms with Gasteiger partial charge in [-0.2, -0.15) is 0 Å². The lowest BCUT2D eigenvalue weighted by Crippen LogP contribution is -2.50. The van der Waals surface area contributed by atoms with Gasteiger partial charge in [-0.3, -0.25) is 9.10 Å². The van der Waals surface area contributed by atoms with E-state index in [0.29, 0.717) is 18.0 Å². The normalized spacial score (nSPS) is 15.7. The highest BCUT2D eigenvalue weighted by Crippen LogP contribution is 2.37. The summed E-state index contributed by atoms with van der Waals surface area (Å²) in [7, 11) is -3.87. The summed E-state index contributed by atoms with van der Waals surface area (Å²) < 4.78 is 34.1. The van der Waals surface area contributed by atoms with Crippen LogP contribution in [0.4, 0.5) is 5.69 Å². The predicted molar refractivity (Wildman–Crippen MR) is 120 cm³/mol. The zero-order chi connectivity index (χ0) is 22.0. The van der Waals surface area contributed by atoms with Gasteiger partial charge in [-0.05, 0) is 49.2 Å². The average molecular weight is 437 g/mol. The molecule has 3 aromatic carbocycles. The van der Waals surface area contributed by atoms with Crippen molar-refractivity contribution >= 4 is 21.6 Å². The first-order valence-electron chi connectivity index (χ1n) is 10.0. The van der Waals surface area contributed by atoms with Gasteiger partial charge in [0.25, 0.3) is 15.9 Å². The van der Waals surface area contributed by atoms with Crippen LogP contribution in [0.1, 0.15) is 16.7 Å². The van der Waals surface area contributed by atoms with Gasteiger partial charge in [-0.15, -0.1) is 0 Å². The number of anilines is 1. The highest BCUT2D eigenvalue weighted by Gasteiger charge is 2.37. The van der Waals surface area contributed by atoms with Crippen molar-refractivity contribution in [1.29, 1.82) is 0 Å². The van der Waals surface area contributed by atoms with E-state index in [0.717, 1.165) is 16.7 Å². The van der Waals surface area contributed by atoms with Crippen LogP contribution in [0.3, 0.4) is 0 Å². The molecule has 0 saturated carbocycles. The van der Waals surface area contributed by atoms with Gasteiger partial charge in [0.2, 0.25) is 0 Å². The number of hydrogen-bond acceptors (Lipinski definition) is 4. The second-order valence-corrected chi connectivity index (χ2v) is 9.49. The molecule has 1 heterocycles. The van der Waals surface area contributed by atoms with Crippen molar-refractivity contribution in [1.82, 2.24) is 5.32 Å². The SMILES string of the molecule is Cc1ccc(S(=O)(=O)N2C[C@H](C(=O)NCc3ccccc3)Oc3ccc(C)cc32)cc1. The maximum atomic E-state index is 13.5. The van der Waals surface area contributed by atoms with Crippen LogP contribution in [0, 0.1) is 13.8 Å². The van der Waals surface area contributed by atoms with Crippen LogP contribution in [0.5, 0.6) is 5.75 Å². The minimum atomic E-state index is -3.87. The van der Waals surface area contributed by atoms with E-state index < -0.39 is 16.1 Å². The molecule has 1 atom stereocenters. The van der Waals surface area contributed by atoms with Crippen molar-refractivity contribution in [3.05, 3.63) is 89.5 Å². The molecule has 31 heavy (non-hydrogen) atoms. The summed E-state index contributed by atoms with van der Waals surface area (Å²) in [4.78, 5) is 13.0. The van der Waals surface area contributed by atoms with Crippen molar-refractivity contribution < 1.29 is 17.9 Å². The van der Waals surface area contributed by atoms with Crippen LogP contribution < -0.4 is 14.4 Å². The minimum Gasteiger partial charge on any atom is -0.476 e. The molecular formula is C24H24N2O4S. The number of sulfonamides is 1. The summed E-state index contributed by atoms with van der Waals surface area (Å²) in [6, 6.07) is 21.5. The van der Waals surface area contributed by atoms with Crippen molar-refractivity contribution in [2.45, 2.75) is 31.4 Å². The molecule has 0 unspecified atom stereocenters. The van der Waals surface area contributed by atoms with Crippen molar-refractivity contribution in [3.63, 3.8) is 0 Å². The fourth-order valence-electron chi connectivity index (χ4n) is 3.46. The third-order valence-corrected chi connectivity index (χ3v) is 6.99. The molecular weight excluding hydrogens is 412 g/mol.